The Hall–Kier alpha value is -3.32. The fourth-order valence-electron chi connectivity index (χ4n) is 5.57. The van der Waals surface area contributed by atoms with Gasteiger partial charge in [-0.25, -0.2) is 4.98 Å². The van der Waals surface area contributed by atoms with Crippen LogP contribution < -0.4 is 19.9 Å². The van der Waals surface area contributed by atoms with Crippen LogP contribution in [0.1, 0.15) is 43.0 Å². The van der Waals surface area contributed by atoms with E-state index in [1.807, 2.05) is 42.5 Å². The summed E-state index contributed by atoms with van der Waals surface area (Å²) < 4.78 is 5.29. The smallest absolute Gasteiger partial charge is 0.252 e. The summed E-state index contributed by atoms with van der Waals surface area (Å²) in [5, 5.41) is 4.09. The highest BCUT2D eigenvalue weighted by Crippen LogP contribution is 2.26. The molecule has 0 aliphatic carbocycles. The van der Waals surface area contributed by atoms with Crippen LogP contribution in [0.4, 0.5) is 11.5 Å². The van der Waals surface area contributed by atoms with Crippen molar-refractivity contribution in [2.75, 3.05) is 62.7 Å². The van der Waals surface area contributed by atoms with Crippen molar-refractivity contribution in [1.29, 1.82) is 0 Å². The molecule has 196 valence electrons. The van der Waals surface area contributed by atoms with E-state index in [0.717, 1.165) is 61.6 Å². The summed E-state index contributed by atoms with van der Waals surface area (Å²) in [5.74, 6) is 1.73. The maximum atomic E-state index is 13.3. The number of benzene rings is 2. The molecule has 5 rings (SSSR count). The molecule has 1 unspecified atom stereocenters. The summed E-state index contributed by atoms with van der Waals surface area (Å²) in [6.07, 6.45) is 4.88. The molecule has 2 aliphatic rings. The fourth-order valence-corrected chi connectivity index (χ4v) is 5.57. The second-order valence-corrected chi connectivity index (χ2v) is 10.2. The van der Waals surface area contributed by atoms with Gasteiger partial charge in [0.2, 0.25) is 0 Å². The Bertz CT molecular complexity index is 1190. The molecule has 1 atom stereocenters. The van der Waals surface area contributed by atoms with Gasteiger partial charge in [-0.2, -0.15) is 0 Å². The third-order valence-electron chi connectivity index (χ3n) is 7.84. The van der Waals surface area contributed by atoms with Crippen molar-refractivity contribution >= 4 is 28.3 Å². The Labute approximate surface area is 220 Å². The normalized spacial score (nSPS) is 18.7. The minimum Gasteiger partial charge on any atom is -0.497 e. The third kappa shape index (κ3) is 5.99. The van der Waals surface area contributed by atoms with Crippen molar-refractivity contribution in [3.8, 4) is 5.75 Å². The van der Waals surface area contributed by atoms with E-state index in [2.05, 4.69) is 39.1 Å². The monoisotopic (exact) mass is 501 g/mol. The number of carbonyl (C=O) groups excluding carboxylic acids is 1. The highest BCUT2D eigenvalue weighted by molar-refractivity contribution is 6.07. The van der Waals surface area contributed by atoms with Gasteiger partial charge in [-0.3, -0.25) is 4.79 Å². The van der Waals surface area contributed by atoms with Crippen molar-refractivity contribution in [2.24, 2.45) is 0 Å². The number of methoxy groups -OCH3 is 1. The van der Waals surface area contributed by atoms with Crippen LogP contribution >= 0.6 is 0 Å². The number of hydrogen-bond donors (Lipinski definition) is 1. The number of aromatic nitrogens is 1. The van der Waals surface area contributed by atoms with Gasteiger partial charge in [0.1, 0.15) is 11.6 Å². The first kappa shape index (κ1) is 25.3. The number of piperazine rings is 1. The Morgan fingerprint density at radius 3 is 2.51 bits per heavy atom. The van der Waals surface area contributed by atoms with Crippen LogP contribution in [-0.2, 0) is 0 Å². The van der Waals surface area contributed by atoms with E-state index in [0.29, 0.717) is 18.2 Å². The first-order valence-corrected chi connectivity index (χ1v) is 13.7. The van der Waals surface area contributed by atoms with E-state index in [-0.39, 0.29) is 5.91 Å². The number of nitrogens with one attached hydrogen (secondary N) is 1. The Balaban J connectivity index is 1.23. The standard InChI is InChI=1S/C30H39N5O2/c1-23-8-5-6-16-33(23)17-7-15-31-30(36)27-22-29(32-28-10-4-3-9-26(27)28)35-20-18-34(19-21-35)24-11-13-25(37-2)14-12-24/h3-4,9-14,22-23H,5-8,15-21H2,1-2H3,(H,31,36). The van der Waals surface area contributed by atoms with Gasteiger partial charge in [0.25, 0.3) is 5.91 Å². The SMILES string of the molecule is COc1ccc(N2CCN(c3cc(C(=O)NCCCN4CCCCC4C)c4ccccc4n3)CC2)cc1. The molecule has 1 amide bonds. The number of anilines is 2. The van der Waals surface area contributed by atoms with Crippen LogP contribution in [0.25, 0.3) is 10.9 Å². The van der Waals surface area contributed by atoms with Gasteiger partial charge in [-0.05, 0) is 69.1 Å². The quantitative estimate of drug-likeness (QED) is 0.457. The van der Waals surface area contributed by atoms with Crippen LogP contribution in [0.2, 0.25) is 0 Å². The molecule has 0 spiro atoms. The molecule has 1 aromatic heterocycles. The molecule has 2 aliphatic heterocycles. The average molecular weight is 502 g/mol. The lowest BCUT2D eigenvalue weighted by Crippen LogP contribution is -2.47. The van der Waals surface area contributed by atoms with Crippen LogP contribution in [0.5, 0.6) is 5.75 Å². The summed E-state index contributed by atoms with van der Waals surface area (Å²) in [6, 6.07) is 18.8. The molecule has 37 heavy (non-hydrogen) atoms. The average Bonchev–Trinajstić information content (AvgIpc) is 2.95. The Morgan fingerprint density at radius 2 is 1.76 bits per heavy atom. The summed E-state index contributed by atoms with van der Waals surface area (Å²) in [7, 11) is 1.69. The van der Waals surface area contributed by atoms with Crippen molar-refractivity contribution in [3.63, 3.8) is 0 Å². The van der Waals surface area contributed by atoms with Crippen molar-refractivity contribution in [2.45, 2.75) is 38.6 Å². The highest BCUT2D eigenvalue weighted by Gasteiger charge is 2.22. The molecular formula is C30H39N5O2. The minimum atomic E-state index is -0.0107. The Kier molecular flexibility index (Phi) is 8.09. The number of nitrogens with zero attached hydrogens (tertiary/aromatic N) is 4. The number of rotatable bonds is 8. The van der Waals surface area contributed by atoms with Gasteiger partial charge in [0.05, 0.1) is 18.2 Å². The molecule has 2 aromatic carbocycles. The van der Waals surface area contributed by atoms with E-state index in [1.54, 1.807) is 7.11 Å². The number of amides is 1. The molecule has 7 nitrogen and oxygen atoms in total. The number of ether oxygens (including phenoxy) is 1. The van der Waals surface area contributed by atoms with E-state index < -0.39 is 0 Å². The zero-order valence-electron chi connectivity index (χ0n) is 22.2. The second-order valence-electron chi connectivity index (χ2n) is 10.2. The predicted octanol–water partition coefficient (Wildman–Crippen LogP) is 4.56. The first-order chi connectivity index (χ1) is 18.1. The van der Waals surface area contributed by atoms with Gasteiger partial charge in [0, 0.05) is 56.4 Å². The molecule has 1 N–H and O–H groups in total. The van der Waals surface area contributed by atoms with E-state index in [1.165, 1.54) is 31.5 Å². The third-order valence-corrected chi connectivity index (χ3v) is 7.84. The number of likely N-dealkylation sites (tertiary alicyclic amines) is 1. The lowest BCUT2D eigenvalue weighted by molar-refractivity contribution is 0.0950. The van der Waals surface area contributed by atoms with Gasteiger partial charge < -0.3 is 24.8 Å². The molecule has 3 heterocycles. The summed E-state index contributed by atoms with van der Waals surface area (Å²) in [5.41, 5.74) is 2.78. The zero-order valence-corrected chi connectivity index (χ0v) is 22.2. The Morgan fingerprint density at radius 1 is 1.00 bits per heavy atom. The number of hydrogen-bond acceptors (Lipinski definition) is 6. The van der Waals surface area contributed by atoms with Gasteiger partial charge in [-0.15, -0.1) is 0 Å². The highest BCUT2D eigenvalue weighted by atomic mass is 16.5. The first-order valence-electron chi connectivity index (χ1n) is 13.7. The minimum absolute atomic E-state index is 0.0107. The van der Waals surface area contributed by atoms with E-state index in [9.17, 15) is 4.79 Å². The molecule has 2 saturated heterocycles. The van der Waals surface area contributed by atoms with Crippen molar-refractivity contribution < 1.29 is 9.53 Å². The van der Waals surface area contributed by atoms with Gasteiger partial charge >= 0.3 is 0 Å². The topological polar surface area (TPSA) is 60.9 Å². The van der Waals surface area contributed by atoms with E-state index >= 15 is 0 Å². The van der Waals surface area contributed by atoms with E-state index in [4.69, 9.17) is 9.72 Å². The van der Waals surface area contributed by atoms with Crippen LogP contribution in [-0.4, -0.2) is 74.8 Å². The number of piperidine rings is 1. The molecule has 2 fully saturated rings. The lowest BCUT2D eigenvalue weighted by atomic mass is 10.0. The molecule has 0 radical (unpaired) electrons. The zero-order chi connectivity index (χ0) is 25.6. The predicted molar refractivity (Wildman–Crippen MR) is 151 cm³/mol. The van der Waals surface area contributed by atoms with Crippen LogP contribution in [0.15, 0.2) is 54.6 Å². The lowest BCUT2D eigenvalue weighted by Gasteiger charge is -2.37. The fraction of sp³-hybridized carbons (Fsp3) is 0.467. The number of fused-ring (bicyclic) bond motifs is 1. The summed E-state index contributed by atoms with van der Waals surface area (Å²) >= 11 is 0. The van der Waals surface area contributed by atoms with Gasteiger partial charge in [-0.1, -0.05) is 24.6 Å². The number of carbonyl (C=O) groups is 1. The molecule has 0 saturated carbocycles. The maximum absolute atomic E-state index is 13.3. The molecule has 3 aromatic rings. The van der Waals surface area contributed by atoms with Gasteiger partial charge in [0.15, 0.2) is 0 Å². The van der Waals surface area contributed by atoms with Crippen molar-refractivity contribution in [1.82, 2.24) is 15.2 Å². The second kappa shape index (κ2) is 11.8. The number of pyridine rings is 1. The maximum Gasteiger partial charge on any atom is 0.252 e. The van der Waals surface area contributed by atoms with Crippen molar-refractivity contribution in [3.05, 3.63) is 60.2 Å². The largest absolute Gasteiger partial charge is 0.497 e. The molecular weight excluding hydrogens is 462 g/mol. The summed E-state index contributed by atoms with van der Waals surface area (Å²) in [4.78, 5) is 25.5. The summed E-state index contributed by atoms with van der Waals surface area (Å²) in [6.45, 7) is 8.74. The molecule has 0 bridgehead atoms. The number of para-hydroxylation sites is 1. The van der Waals surface area contributed by atoms with Crippen LogP contribution in [0.3, 0.4) is 0 Å². The molecule has 7 heteroatoms. The van der Waals surface area contributed by atoms with Crippen LogP contribution in [0, 0.1) is 0 Å².